The van der Waals surface area contributed by atoms with Crippen molar-refractivity contribution in [3.8, 4) is 0 Å². The summed E-state index contributed by atoms with van der Waals surface area (Å²) < 4.78 is 30.6. The van der Waals surface area contributed by atoms with Gasteiger partial charge in [0.05, 0.1) is 19.4 Å². The zero-order valence-corrected chi connectivity index (χ0v) is 14.3. The van der Waals surface area contributed by atoms with Gasteiger partial charge in [-0.1, -0.05) is 24.3 Å². The molecule has 23 heavy (non-hydrogen) atoms. The van der Waals surface area contributed by atoms with Gasteiger partial charge in [-0.25, -0.2) is 8.42 Å². The van der Waals surface area contributed by atoms with Crippen molar-refractivity contribution in [1.82, 2.24) is 9.21 Å². The van der Waals surface area contributed by atoms with Gasteiger partial charge in [0.1, 0.15) is 0 Å². The first kappa shape index (κ1) is 16.4. The van der Waals surface area contributed by atoms with E-state index in [0.717, 1.165) is 12.0 Å². The number of morpholine rings is 1. The summed E-state index contributed by atoms with van der Waals surface area (Å²) in [6, 6.07) is 8.09. The summed E-state index contributed by atoms with van der Waals surface area (Å²) in [5.74, 6) is -0.139. The Bertz CT molecular complexity index is 719. The summed E-state index contributed by atoms with van der Waals surface area (Å²) in [5, 5.41) is 0. The molecule has 1 atom stereocenters. The third kappa shape index (κ3) is 3.27. The van der Waals surface area contributed by atoms with Crippen molar-refractivity contribution in [2.24, 2.45) is 0 Å². The molecule has 2 aliphatic heterocycles. The summed E-state index contributed by atoms with van der Waals surface area (Å²) in [4.78, 5) is 14.7. The number of rotatable bonds is 2. The number of fused-ring (bicyclic) bond motifs is 1. The molecule has 0 radical (unpaired) electrons. The molecule has 1 fully saturated rings. The summed E-state index contributed by atoms with van der Waals surface area (Å²) in [5.41, 5.74) is 1.30. The van der Waals surface area contributed by atoms with Gasteiger partial charge in [0.25, 0.3) is 5.91 Å². The zero-order valence-electron chi connectivity index (χ0n) is 13.5. The second kappa shape index (κ2) is 5.89. The van der Waals surface area contributed by atoms with E-state index in [2.05, 4.69) is 6.07 Å². The molecule has 1 saturated heterocycles. The Morgan fingerprint density at radius 2 is 1.91 bits per heavy atom. The Kier molecular flexibility index (Phi) is 4.20. The normalized spacial score (nSPS) is 25.9. The second-order valence-electron chi connectivity index (χ2n) is 6.42. The minimum absolute atomic E-state index is 0.0722. The van der Waals surface area contributed by atoms with Crippen LogP contribution in [0.15, 0.2) is 24.3 Å². The number of carbonyl (C=O) groups excluding carboxylic acids is 1. The first-order chi connectivity index (χ1) is 10.8. The van der Waals surface area contributed by atoms with Crippen molar-refractivity contribution >= 4 is 15.9 Å². The highest BCUT2D eigenvalue weighted by Gasteiger charge is 2.44. The molecule has 1 amide bonds. The van der Waals surface area contributed by atoms with E-state index >= 15 is 0 Å². The van der Waals surface area contributed by atoms with Crippen molar-refractivity contribution < 1.29 is 17.9 Å². The largest absolute Gasteiger partial charge is 0.363 e. The molecule has 2 heterocycles. The fourth-order valence-corrected chi connectivity index (χ4v) is 4.14. The van der Waals surface area contributed by atoms with Crippen molar-refractivity contribution in [2.75, 3.05) is 32.5 Å². The van der Waals surface area contributed by atoms with Crippen molar-refractivity contribution in [2.45, 2.75) is 25.5 Å². The van der Waals surface area contributed by atoms with Gasteiger partial charge in [-0.3, -0.25) is 4.79 Å². The van der Waals surface area contributed by atoms with E-state index in [9.17, 15) is 13.2 Å². The Morgan fingerprint density at radius 1 is 1.22 bits per heavy atom. The zero-order chi connectivity index (χ0) is 16.7. The number of hydrogen-bond acceptors (Lipinski definition) is 4. The lowest BCUT2D eigenvalue weighted by Crippen LogP contribution is -2.60. The molecule has 0 saturated carbocycles. The first-order valence-corrected chi connectivity index (χ1v) is 9.60. The standard InChI is InChI=1S/C16H22N2O4S/c1-16(12-18(9-10-22-16)23(2,20)21)15(19)17-8-7-13-5-3-4-6-14(13)11-17/h3-6H,7-12H2,1-2H3. The van der Waals surface area contributed by atoms with Crippen LogP contribution in [0.4, 0.5) is 0 Å². The van der Waals surface area contributed by atoms with Crippen LogP contribution in [0.2, 0.25) is 0 Å². The second-order valence-corrected chi connectivity index (χ2v) is 8.40. The predicted octanol–water partition coefficient (Wildman–Crippen LogP) is 0.622. The topological polar surface area (TPSA) is 66.9 Å². The highest BCUT2D eigenvalue weighted by atomic mass is 32.2. The highest BCUT2D eigenvalue weighted by molar-refractivity contribution is 7.88. The summed E-state index contributed by atoms with van der Waals surface area (Å²) in [6.45, 7) is 3.47. The monoisotopic (exact) mass is 338 g/mol. The number of carbonyl (C=O) groups is 1. The van der Waals surface area contributed by atoms with Gasteiger partial charge in [0.15, 0.2) is 5.60 Å². The summed E-state index contributed by atoms with van der Waals surface area (Å²) in [7, 11) is -3.33. The van der Waals surface area contributed by atoms with Gasteiger partial charge >= 0.3 is 0 Å². The molecule has 2 aliphatic rings. The van der Waals surface area contributed by atoms with E-state index in [1.54, 1.807) is 11.8 Å². The predicted molar refractivity (Wildman–Crippen MR) is 86.3 cm³/mol. The van der Waals surface area contributed by atoms with Crippen LogP contribution in [0.25, 0.3) is 0 Å². The molecule has 0 bridgehead atoms. The van der Waals surface area contributed by atoms with Gasteiger partial charge in [0.2, 0.25) is 10.0 Å². The first-order valence-electron chi connectivity index (χ1n) is 7.75. The average Bonchev–Trinajstić information content (AvgIpc) is 2.53. The van der Waals surface area contributed by atoms with Crippen LogP contribution >= 0.6 is 0 Å². The Labute approximate surface area is 137 Å². The smallest absolute Gasteiger partial charge is 0.256 e. The molecule has 3 rings (SSSR count). The van der Waals surface area contributed by atoms with Crippen molar-refractivity contribution in [3.05, 3.63) is 35.4 Å². The lowest BCUT2D eigenvalue weighted by molar-refractivity contribution is -0.164. The highest BCUT2D eigenvalue weighted by Crippen LogP contribution is 2.26. The fourth-order valence-electron chi connectivity index (χ4n) is 3.25. The third-order valence-electron chi connectivity index (χ3n) is 4.58. The Morgan fingerprint density at radius 3 is 2.61 bits per heavy atom. The minimum Gasteiger partial charge on any atom is -0.363 e. The van der Waals surface area contributed by atoms with E-state index in [1.807, 2.05) is 18.2 Å². The van der Waals surface area contributed by atoms with E-state index < -0.39 is 15.6 Å². The van der Waals surface area contributed by atoms with Crippen LogP contribution in [0.1, 0.15) is 18.1 Å². The van der Waals surface area contributed by atoms with E-state index in [-0.39, 0.29) is 19.1 Å². The Balaban J connectivity index is 1.77. The molecule has 126 valence electrons. The van der Waals surface area contributed by atoms with Crippen LogP contribution < -0.4 is 0 Å². The van der Waals surface area contributed by atoms with Gasteiger partial charge in [0, 0.05) is 19.6 Å². The molecule has 0 N–H and O–H groups in total. The summed E-state index contributed by atoms with van der Waals surface area (Å²) >= 11 is 0. The maximum absolute atomic E-state index is 12.9. The molecule has 6 nitrogen and oxygen atoms in total. The van der Waals surface area contributed by atoms with Crippen LogP contribution in [-0.2, 0) is 32.5 Å². The average molecular weight is 338 g/mol. The van der Waals surface area contributed by atoms with Gasteiger partial charge < -0.3 is 9.64 Å². The number of amides is 1. The fraction of sp³-hybridized carbons (Fsp3) is 0.562. The van der Waals surface area contributed by atoms with Gasteiger partial charge in [-0.2, -0.15) is 4.31 Å². The van der Waals surface area contributed by atoms with Crippen LogP contribution in [0, 0.1) is 0 Å². The molecular weight excluding hydrogens is 316 g/mol. The van der Waals surface area contributed by atoms with E-state index in [4.69, 9.17) is 4.74 Å². The third-order valence-corrected chi connectivity index (χ3v) is 5.83. The van der Waals surface area contributed by atoms with Crippen molar-refractivity contribution in [3.63, 3.8) is 0 Å². The van der Waals surface area contributed by atoms with Crippen LogP contribution in [-0.4, -0.2) is 61.6 Å². The number of sulfonamides is 1. The number of hydrogen-bond donors (Lipinski definition) is 0. The van der Waals surface area contributed by atoms with Crippen LogP contribution in [0.3, 0.4) is 0 Å². The van der Waals surface area contributed by atoms with E-state index in [1.165, 1.54) is 16.1 Å². The molecule has 1 aromatic rings. The lowest BCUT2D eigenvalue weighted by atomic mass is 9.97. The molecule has 7 heteroatoms. The lowest BCUT2D eigenvalue weighted by Gasteiger charge is -2.41. The van der Waals surface area contributed by atoms with Crippen LogP contribution in [0.5, 0.6) is 0 Å². The molecule has 1 aromatic carbocycles. The minimum atomic E-state index is -3.33. The number of nitrogens with zero attached hydrogens (tertiary/aromatic N) is 2. The SMILES string of the molecule is CC1(C(=O)N2CCc3ccccc3C2)CN(S(C)(=O)=O)CCO1. The van der Waals surface area contributed by atoms with E-state index in [0.29, 0.717) is 19.6 Å². The molecule has 0 aliphatic carbocycles. The maximum atomic E-state index is 12.9. The number of ether oxygens (including phenoxy) is 1. The summed E-state index contributed by atoms with van der Waals surface area (Å²) in [6.07, 6.45) is 1.98. The van der Waals surface area contributed by atoms with Gasteiger partial charge in [-0.05, 0) is 24.5 Å². The number of benzene rings is 1. The molecular formula is C16H22N2O4S. The molecule has 0 spiro atoms. The molecule has 0 aromatic heterocycles. The quantitative estimate of drug-likeness (QED) is 0.793. The molecule has 1 unspecified atom stereocenters. The Hall–Kier alpha value is -1.44. The maximum Gasteiger partial charge on any atom is 0.256 e. The van der Waals surface area contributed by atoms with Gasteiger partial charge in [-0.15, -0.1) is 0 Å². The van der Waals surface area contributed by atoms with Crippen molar-refractivity contribution in [1.29, 1.82) is 0 Å².